The molecule has 1 N–H and O–H groups in total. The first-order chi connectivity index (χ1) is 9.38. The summed E-state index contributed by atoms with van der Waals surface area (Å²) < 4.78 is 27.3. The smallest absolute Gasteiger partial charge is 0.232 e. The summed E-state index contributed by atoms with van der Waals surface area (Å²) in [4.78, 5) is 3.75. The third-order valence-corrected chi connectivity index (χ3v) is 6.03. The SMILES string of the molecule is Cc1ccccc1CC(C)NS(=O)(=O)c1cnc(Cl)s1. The van der Waals surface area contributed by atoms with Crippen molar-refractivity contribution in [2.75, 3.05) is 0 Å². The molecule has 0 fully saturated rings. The standard InChI is InChI=1S/C13H15ClN2O2S2/c1-9-5-3-4-6-11(9)7-10(2)16-20(17,18)12-8-15-13(14)19-12/h3-6,8,10,16H,7H2,1-2H3. The van der Waals surface area contributed by atoms with Crippen LogP contribution in [0.2, 0.25) is 4.47 Å². The van der Waals surface area contributed by atoms with E-state index in [1.807, 2.05) is 38.1 Å². The fraction of sp³-hybridized carbons (Fsp3) is 0.308. The Kier molecular flexibility index (Phi) is 4.80. The van der Waals surface area contributed by atoms with E-state index in [0.29, 0.717) is 6.42 Å². The van der Waals surface area contributed by atoms with Gasteiger partial charge in [0.2, 0.25) is 0 Å². The molecule has 1 aromatic heterocycles. The molecular formula is C13H15ClN2O2S2. The highest BCUT2D eigenvalue weighted by atomic mass is 35.5. The van der Waals surface area contributed by atoms with E-state index in [0.717, 1.165) is 22.5 Å². The number of halogens is 1. The molecule has 0 aliphatic rings. The van der Waals surface area contributed by atoms with Gasteiger partial charge in [0.15, 0.2) is 8.68 Å². The van der Waals surface area contributed by atoms with Crippen molar-refractivity contribution in [3.8, 4) is 0 Å². The lowest BCUT2D eigenvalue weighted by Crippen LogP contribution is -2.33. The minimum Gasteiger partial charge on any atom is -0.232 e. The summed E-state index contributed by atoms with van der Waals surface area (Å²) in [6.45, 7) is 3.85. The van der Waals surface area contributed by atoms with Gasteiger partial charge in [-0.2, -0.15) is 0 Å². The zero-order valence-corrected chi connectivity index (χ0v) is 13.5. The molecule has 20 heavy (non-hydrogen) atoms. The summed E-state index contributed by atoms with van der Waals surface area (Å²) in [7, 11) is -3.55. The van der Waals surface area contributed by atoms with E-state index in [2.05, 4.69) is 9.71 Å². The van der Waals surface area contributed by atoms with Crippen molar-refractivity contribution >= 4 is 33.0 Å². The molecule has 0 spiro atoms. The predicted octanol–water partition coefficient (Wildman–Crippen LogP) is 3.01. The van der Waals surface area contributed by atoms with Gasteiger partial charge in [-0.25, -0.2) is 18.1 Å². The summed E-state index contributed by atoms with van der Waals surface area (Å²) >= 11 is 6.62. The van der Waals surface area contributed by atoms with Crippen molar-refractivity contribution in [2.45, 2.75) is 30.5 Å². The monoisotopic (exact) mass is 330 g/mol. The second-order valence-electron chi connectivity index (χ2n) is 4.59. The maximum atomic E-state index is 12.1. The van der Waals surface area contributed by atoms with Gasteiger partial charge in [-0.1, -0.05) is 47.2 Å². The van der Waals surface area contributed by atoms with E-state index in [4.69, 9.17) is 11.6 Å². The number of hydrogen-bond acceptors (Lipinski definition) is 4. The summed E-state index contributed by atoms with van der Waals surface area (Å²) in [5, 5.41) is 0. The Balaban J connectivity index is 2.08. The van der Waals surface area contributed by atoms with Crippen LogP contribution in [0.5, 0.6) is 0 Å². The molecule has 2 rings (SSSR count). The molecule has 0 aliphatic carbocycles. The van der Waals surface area contributed by atoms with Crippen LogP contribution < -0.4 is 4.72 Å². The molecule has 0 saturated heterocycles. The van der Waals surface area contributed by atoms with Gasteiger partial charge in [-0.15, -0.1) is 0 Å². The molecule has 1 unspecified atom stereocenters. The van der Waals surface area contributed by atoms with Gasteiger partial charge in [0, 0.05) is 6.04 Å². The predicted molar refractivity (Wildman–Crippen MR) is 81.8 cm³/mol. The summed E-state index contributed by atoms with van der Waals surface area (Å²) in [5.74, 6) is 0. The maximum absolute atomic E-state index is 12.1. The molecule has 0 amide bonds. The van der Waals surface area contributed by atoms with Gasteiger partial charge < -0.3 is 0 Å². The first-order valence-corrected chi connectivity index (χ1v) is 8.74. The van der Waals surface area contributed by atoms with Crippen molar-refractivity contribution in [1.82, 2.24) is 9.71 Å². The largest absolute Gasteiger partial charge is 0.251 e. The Morgan fingerprint density at radius 2 is 2.10 bits per heavy atom. The maximum Gasteiger partial charge on any atom is 0.251 e. The van der Waals surface area contributed by atoms with E-state index < -0.39 is 10.0 Å². The number of thiazole rings is 1. The average Bonchev–Trinajstić information content (AvgIpc) is 2.79. The molecule has 108 valence electrons. The fourth-order valence-corrected chi connectivity index (χ4v) is 4.45. The Morgan fingerprint density at radius 3 is 2.70 bits per heavy atom. The minimum absolute atomic E-state index is 0.138. The number of rotatable bonds is 5. The zero-order valence-electron chi connectivity index (χ0n) is 11.1. The van der Waals surface area contributed by atoms with Crippen molar-refractivity contribution in [1.29, 1.82) is 0 Å². The molecule has 4 nitrogen and oxygen atoms in total. The van der Waals surface area contributed by atoms with Crippen LogP contribution in [0.15, 0.2) is 34.7 Å². The Bertz CT molecular complexity index is 698. The lowest BCUT2D eigenvalue weighted by atomic mass is 10.0. The lowest BCUT2D eigenvalue weighted by molar-refractivity contribution is 0.561. The number of aryl methyl sites for hydroxylation is 1. The van der Waals surface area contributed by atoms with E-state index in [-0.39, 0.29) is 14.7 Å². The van der Waals surface area contributed by atoms with Gasteiger partial charge in [0.25, 0.3) is 10.0 Å². The van der Waals surface area contributed by atoms with Crippen molar-refractivity contribution in [3.05, 3.63) is 46.1 Å². The molecule has 1 atom stereocenters. The molecular weight excluding hydrogens is 316 g/mol. The third kappa shape index (κ3) is 3.79. The highest BCUT2D eigenvalue weighted by molar-refractivity contribution is 7.91. The fourth-order valence-electron chi connectivity index (χ4n) is 1.90. The van der Waals surface area contributed by atoms with E-state index in [9.17, 15) is 8.42 Å². The summed E-state index contributed by atoms with van der Waals surface area (Å²) in [6, 6.07) is 7.73. The molecule has 0 bridgehead atoms. The average molecular weight is 331 g/mol. The molecule has 7 heteroatoms. The van der Waals surface area contributed by atoms with Crippen LogP contribution in [0, 0.1) is 6.92 Å². The minimum atomic E-state index is -3.55. The van der Waals surface area contributed by atoms with Crippen LogP contribution >= 0.6 is 22.9 Å². The van der Waals surface area contributed by atoms with Gasteiger partial charge >= 0.3 is 0 Å². The van der Waals surface area contributed by atoms with Gasteiger partial charge in [0.05, 0.1) is 6.20 Å². The number of nitrogens with one attached hydrogen (secondary N) is 1. The topological polar surface area (TPSA) is 59.1 Å². The van der Waals surface area contributed by atoms with Crippen molar-refractivity contribution in [3.63, 3.8) is 0 Å². The number of hydrogen-bond donors (Lipinski definition) is 1. The first kappa shape index (κ1) is 15.4. The number of nitrogens with zero attached hydrogens (tertiary/aromatic N) is 1. The van der Waals surface area contributed by atoms with Gasteiger partial charge in [-0.3, -0.25) is 0 Å². The molecule has 0 aliphatic heterocycles. The van der Waals surface area contributed by atoms with E-state index in [1.165, 1.54) is 6.20 Å². The normalized spacial score (nSPS) is 13.3. The third-order valence-electron chi connectivity index (χ3n) is 2.86. The number of benzene rings is 1. The zero-order chi connectivity index (χ0) is 14.8. The van der Waals surface area contributed by atoms with Crippen molar-refractivity contribution in [2.24, 2.45) is 0 Å². The summed E-state index contributed by atoms with van der Waals surface area (Å²) in [5.41, 5.74) is 2.28. The Morgan fingerprint density at radius 1 is 1.40 bits per heavy atom. The Hall–Kier alpha value is -0.950. The lowest BCUT2D eigenvalue weighted by Gasteiger charge is -2.14. The van der Waals surface area contributed by atoms with E-state index in [1.54, 1.807) is 0 Å². The van der Waals surface area contributed by atoms with Crippen LogP contribution in [-0.2, 0) is 16.4 Å². The van der Waals surface area contributed by atoms with Gasteiger partial charge in [-0.05, 0) is 31.4 Å². The quantitative estimate of drug-likeness (QED) is 0.916. The second-order valence-corrected chi connectivity index (χ2v) is 8.14. The van der Waals surface area contributed by atoms with Crippen LogP contribution in [0.3, 0.4) is 0 Å². The molecule has 2 aromatic rings. The van der Waals surface area contributed by atoms with Crippen LogP contribution in [0.1, 0.15) is 18.1 Å². The van der Waals surface area contributed by atoms with Crippen LogP contribution in [-0.4, -0.2) is 19.4 Å². The highest BCUT2D eigenvalue weighted by Crippen LogP contribution is 2.22. The highest BCUT2D eigenvalue weighted by Gasteiger charge is 2.20. The summed E-state index contributed by atoms with van der Waals surface area (Å²) in [6.07, 6.45) is 1.91. The number of sulfonamides is 1. The molecule has 0 radical (unpaired) electrons. The first-order valence-electron chi connectivity index (χ1n) is 6.06. The Labute approximate surface area is 127 Å². The molecule has 1 aromatic carbocycles. The van der Waals surface area contributed by atoms with Gasteiger partial charge in [0.1, 0.15) is 0 Å². The van der Waals surface area contributed by atoms with E-state index >= 15 is 0 Å². The molecule has 0 saturated carbocycles. The molecule has 1 heterocycles. The van der Waals surface area contributed by atoms with Crippen molar-refractivity contribution < 1.29 is 8.42 Å². The second kappa shape index (κ2) is 6.22. The van der Waals surface area contributed by atoms with Crippen LogP contribution in [0.25, 0.3) is 0 Å². The number of aromatic nitrogens is 1. The van der Waals surface area contributed by atoms with Crippen LogP contribution in [0.4, 0.5) is 0 Å².